The van der Waals surface area contributed by atoms with E-state index in [-0.39, 0.29) is 30.7 Å². The van der Waals surface area contributed by atoms with Crippen LogP contribution in [0.4, 0.5) is 5.82 Å². The zero-order valence-electron chi connectivity index (χ0n) is 11.4. The number of rotatable bonds is 3. The molecule has 3 N–H and O–H groups in total. The zero-order valence-corrected chi connectivity index (χ0v) is 13.1. The van der Waals surface area contributed by atoms with Crippen LogP contribution in [-0.2, 0) is 9.53 Å². The molecule has 0 unspecified atom stereocenters. The van der Waals surface area contributed by atoms with Crippen LogP contribution in [0.3, 0.4) is 0 Å². The van der Waals surface area contributed by atoms with Crippen molar-refractivity contribution in [2.24, 2.45) is 11.1 Å². The van der Waals surface area contributed by atoms with E-state index in [9.17, 15) is 4.79 Å². The lowest BCUT2D eigenvalue weighted by molar-refractivity contribution is -0.130. The molecular formula is C13H21Cl2N3O2. The normalized spacial score (nSPS) is 16.5. The van der Waals surface area contributed by atoms with Crippen LogP contribution >= 0.6 is 24.8 Å². The van der Waals surface area contributed by atoms with Crippen LogP contribution < -0.4 is 11.1 Å². The maximum absolute atomic E-state index is 12.3. The van der Waals surface area contributed by atoms with E-state index < -0.39 is 5.41 Å². The number of aryl methyl sites for hydroxylation is 1. The van der Waals surface area contributed by atoms with E-state index in [4.69, 9.17) is 10.5 Å². The van der Waals surface area contributed by atoms with Gasteiger partial charge in [0.05, 0.1) is 5.41 Å². The number of nitrogens with zero attached hydrogens (tertiary/aromatic N) is 1. The van der Waals surface area contributed by atoms with Gasteiger partial charge in [-0.05, 0) is 31.4 Å². The predicted octanol–water partition coefficient (Wildman–Crippen LogP) is 1.93. The summed E-state index contributed by atoms with van der Waals surface area (Å²) in [5, 5.41) is 2.84. The quantitative estimate of drug-likeness (QED) is 0.891. The smallest absolute Gasteiger partial charge is 0.233 e. The summed E-state index contributed by atoms with van der Waals surface area (Å²) in [7, 11) is 0. The van der Waals surface area contributed by atoms with Gasteiger partial charge in [0.15, 0.2) is 0 Å². The fraction of sp³-hybridized carbons (Fsp3) is 0.538. The van der Waals surface area contributed by atoms with Gasteiger partial charge in [-0.25, -0.2) is 4.98 Å². The summed E-state index contributed by atoms with van der Waals surface area (Å²) in [4.78, 5) is 16.5. The first kappa shape index (κ1) is 19.1. The fourth-order valence-corrected chi connectivity index (χ4v) is 2.08. The Morgan fingerprint density at radius 2 is 2.05 bits per heavy atom. The van der Waals surface area contributed by atoms with E-state index in [1.54, 1.807) is 12.3 Å². The van der Waals surface area contributed by atoms with Crippen molar-refractivity contribution < 1.29 is 9.53 Å². The minimum Gasteiger partial charge on any atom is -0.381 e. The number of nitrogens with two attached hydrogens (primary N) is 1. The third kappa shape index (κ3) is 4.31. The van der Waals surface area contributed by atoms with Gasteiger partial charge in [-0.15, -0.1) is 24.8 Å². The first-order valence-corrected chi connectivity index (χ1v) is 6.18. The first-order chi connectivity index (χ1) is 8.66. The van der Waals surface area contributed by atoms with Crippen LogP contribution in [-0.4, -0.2) is 30.6 Å². The monoisotopic (exact) mass is 321 g/mol. The van der Waals surface area contributed by atoms with Crippen molar-refractivity contribution in [2.75, 3.05) is 25.1 Å². The number of hydrogen-bond donors (Lipinski definition) is 2. The summed E-state index contributed by atoms with van der Waals surface area (Å²) in [5.74, 6) is 0.523. The van der Waals surface area contributed by atoms with E-state index in [0.29, 0.717) is 38.4 Å². The van der Waals surface area contributed by atoms with Gasteiger partial charge in [-0.2, -0.15) is 0 Å². The Morgan fingerprint density at radius 1 is 1.40 bits per heavy atom. The molecule has 1 aliphatic heterocycles. The van der Waals surface area contributed by atoms with Gasteiger partial charge < -0.3 is 15.8 Å². The lowest BCUT2D eigenvalue weighted by atomic mass is 9.79. The van der Waals surface area contributed by atoms with Crippen molar-refractivity contribution in [3.63, 3.8) is 0 Å². The molecular weight excluding hydrogens is 301 g/mol. The van der Waals surface area contributed by atoms with Gasteiger partial charge in [0.25, 0.3) is 0 Å². The summed E-state index contributed by atoms with van der Waals surface area (Å²) in [5.41, 5.74) is 6.33. The zero-order chi connectivity index (χ0) is 13.0. The Balaban J connectivity index is 0.00000180. The number of anilines is 1. The molecule has 114 valence electrons. The van der Waals surface area contributed by atoms with Gasteiger partial charge in [-0.3, -0.25) is 4.79 Å². The lowest BCUT2D eigenvalue weighted by Gasteiger charge is -2.34. The Kier molecular flexibility index (Phi) is 8.05. The van der Waals surface area contributed by atoms with Gasteiger partial charge >= 0.3 is 0 Å². The highest BCUT2D eigenvalue weighted by molar-refractivity contribution is 5.94. The third-order valence-corrected chi connectivity index (χ3v) is 3.48. The molecule has 7 heteroatoms. The molecule has 0 spiro atoms. The lowest BCUT2D eigenvalue weighted by Crippen LogP contribution is -2.46. The maximum atomic E-state index is 12.3. The summed E-state index contributed by atoms with van der Waals surface area (Å²) < 4.78 is 5.29. The van der Waals surface area contributed by atoms with Gasteiger partial charge in [-0.1, -0.05) is 6.07 Å². The molecule has 0 radical (unpaired) electrons. The maximum Gasteiger partial charge on any atom is 0.233 e. The number of carbonyl (C=O) groups excluding carboxylic acids is 1. The summed E-state index contributed by atoms with van der Waals surface area (Å²) in [6.45, 7) is 3.48. The summed E-state index contributed by atoms with van der Waals surface area (Å²) in [6, 6.07) is 3.72. The number of nitrogens with one attached hydrogen (secondary N) is 1. The van der Waals surface area contributed by atoms with Gasteiger partial charge in [0.2, 0.25) is 5.91 Å². The Morgan fingerprint density at radius 3 is 2.55 bits per heavy atom. The molecule has 0 saturated carbocycles. The molecule has 1 saturated heterocycles. The molecule has 1 fully saturated rings. The predicted molar refractivity (Wildman–Crippen MR) is 83.6 cm³/mol. The highest BCUT2D eigenvalue weighted by Crippen LogP contribution is 2.30. The molecule has 2 heterocycles. The molecule has 0 atom stereocenters. The molecule has 0 aromatic carbocycles. The van der Waals surface area contributed by atoms with E-state index in [1.807, 2.05) is 13.0 Å². The minimum absolute atomic E-state index is 0. The highest BCUT2D eigenvalue weighted by atomic mass is 35.5. The van der Waals surface area contributed by atoms with Crippen molar-refractivity contribution in [2.45, 2.75) is 19.8 Å². The van der Waals surface area contributed by atoms with Crippen LogP contribution in [0.5, 0.6) is 0 Å². The van der Waals surface area contributed by atoms with Crippen molar-refractivity contribution in [3.8, 4) is 0 Å². The van der Waals surface area contributed by atoms with Crippen molar-refractivity contribution in [3.05, 3.63) is 23.9 Å². The minimum atomic E-state index is -0.509. The number of carbonyl (C=O) groups is 1. The average Bonchev–Trinajstić information content (AvgIpc) is 2.42. The highest BCUT2D eigenvalue weighted by Gasteiger charge is 2.38. The van der Waals surface area contributed by atoms with Crippen LogP contribution in [0.25, 0.3) is 0 Å². The molecule has 5 nitrogen and oxygen atoms in total. The molecule has 20 heavy (non-hydrogen) atoms. The van der Waals surface area contributed by atoms with Gasteiger partial charge in [0.1, 0.15) is 5.82 Å². The van der Waals surface area contributed by atoms with Crippen LogP contribution in [0, 0.1) is 12.3 Å². The number of pyridine rings is 1. The molecule has 1 amide bonds. The number of halogens is 2. The van der Waals surface area contributed by atoms with Crippen molar-refractivity contribution in [1.29, 1.82) is 0 Å². The number of hydrogen-bond acceptors (Lipinski definition) is 4. The van der Waals surface area contributed by atoms with Gasteiger partial charge in [0, 0.05) is 26.0 Å². The molecule has 1 aliphatic rings. The van der Waals surface area contributed by atoms with Crippen molar-refractivity contribution >= 4 is 36.5 Å². The van der Waals surface area contributed by atoms with E-state index in [1.165, 1.54) is 0 Å². The van der Waals surface area contributed by atoms with Crippen LogP contribution in [0.1, 0.15) is 18.4 Å². The fourth-order valence-electron chi connectivity index (χ4n) is 2.08. The Hall–Kier alpha value is -0.880. The number of amides is 1. The van der Waals surface area contributed by atoms with E-state index in [2.05, 4.69) is 10.3 Å². The first-order valence-electron chi connectivity index (χ1n) is 6.18. The average molecular weight is 322 g/mol. The van der Waals surface area contributed by atoms with Crippen molar-refractivity contribution in [1.82, 2.24) is 4.98 Å². The number of ether oxygens (including phenoxy) is 1. The standard InChI is InChI=1S/C13H19N3O2.2ClH/c1-10-2-3-11(15-8-10)16-12(17)13(9-14)4-6-18-7-5-13;;/h2-3,8H,4-7,9,14H2,1H3,(H,15,16,17);2*1H. The summed E-state index contributed by atoms with van der Waals surface area (Å²) in [6.07, 6.45) is 3.07. The Bertz CT molecular complexity index is 420. The second-order valence-electron chi connectivity index (χ2n) is 4.77. The number of aromatic nitrogens is 1. The van der Waals surface area contributed by atoms with E-state index >= 15 is 0 Å². The van der Waals surface area contributed by atoms with Crippen LogP contribution in [0.15, 0.2) is 18.3 Å². The Labute approximate surface area is 131 Å². The second kappa shape index (κ2) is 8.42. The third-order valence-electron chi connectivity index (χ3n) is 3.48. The summed E-state index contributed by atoms with van der Waals surface area (Å²) >= 11 is 0. The molecule has 0 bridgehead atoms. The van der Waals surface area contributed by atoms with E-state index in [0.717, 1.165) is 5.56 Å². The molecule has 0 aliphatic carbocycles. The SMILES string of the molecule is Cc1ccc(NC(=O)C2(CN)CCOCC2)nc1.Cl.Cl. The molecule has 2 rings (SSSR count). The molecule has 1 aromatic heterocycles. The topological polar surface area (TPSA) is 77.2 Å². The molecule has 1 aromatic rings. The van der Waals surface area contributed by atoms with Crippen LogP contribution in [0.2, 0.25) is 0 Å². The largest absolute Gasteiger partial charge is 0.381 e. The second-order valence-corrected chi connectivity index (χ2v) is 4.77.